The average molecular weight is 244 g/mol. The predicted octanol–water partition coefficient (Wildman–Crippen LogP) is 1.07. The number of nitrogens with one attached hydrogen (secondary N) is 2. The predicted molar refractivity (Wildman–Crippen MR) is 51.8 cm³/mol. The Bertz CT molecular complexity index is 305. The van der Waals surface area contributed by atoms with Gasteiger partial charge >= 0.3 is 0 Å². The summed E-state index contributed by atoms with van der Waals surface area (Å²) in [6.07, 6.45) is 3.68. The Labute approximate surface area is 84.2 Å². The highest BCUT2D eigenvalue weighted by Gasteiger charge is 2.43. The first-order chi connectivity index (χ1) is 6.26. The van der Waals surface area contributed by atoms with Gasteiger partial charge in [0, 0.05) is 11.5 Å². The first-order valence-corrected chi connectivity index (χ1v) is 5.26. The van der Waals surface area contributed by atoms with Crippen molar-refractivity contribution in [2.24, 2.45) is 0 Å². The van der Waals surface area contributed by atoms with Gasteiger partial charge in [-0.25, -0.2) is 0 Å². The van der Waals surface area contributed by atoms with E-state index in [4.69, 9.17) is 0 Å². The summed E-state index contributed by atoms with van der Waals surface area (Å²) in [6, 6.07) is 1.67. The number of hydrogen-bond donors (Lipinski definition) is 2. The van der Waals surface area contributed by atoms with Crippen molar-refractivity contribution in [1.29, 1.82) is 0 Å². The smallest absolute Gasteiger partial charge is 0.269 e. The van der Waals surface area contributed by atoms with Crippen LogP contribution in [0.5, 0.6) is 0 Å². The minimum Gasteiger partial charge on any atom is -0.344 e. The fourth-order valence-electron chi connectivity index (χ4n) is 1.13. The lowest BCUT2D eigenvalue weighted by molar-refractivity contribution is 0.0931. The molecule has 0 spiro atoms. The summed E-state index contributed by atoms with van der Waals surface area (Å²) < 4.78 is 0. The Hall–Kier alpha value is -0.840. The second-order valence-corrected chi connectivity index (χ2v) is 3.90. The molecule has 4 nitrogen and oxygen atoms in total. The van der Waals surface area contributed by atoms with Gasteiger partial charge in [0.05, 0.1) is 5.54 Å². The SMILES string of the molecule is O=C(NC1(CBr)CC1)c1ccn[nH]1. The van der Waals surface area contributed by atoms with Crippen molar-refractivity contribution >= 4 is 21.8 Å². The molecule has 1 heterocycles. The number of alkyl halides is 1. The first-order valence-electron chi connectivity index (χ1n) is 4.14. The van der Waals surface area contributed by atoms with Gasteiger partial charge in [-0.3, -0.25) is 9.89 Å². The van der Waals surface area contributed by atoms with E-state index in [-0.39, 0.29) is 11.4 Å². The quantitative estimate of drug-likeness (QED) is 0.781. The zero-order valence-corrected chi connectivity index (χ0v) is 8.60. The van der Waals surface area contributed by atoms with E-state index in [0.717, 1.165) is 18.2 Å². The maximum atomic E-state index is 11.5. The molecule has 0 atom stereocenters. The highest BCUT2D eigenvalue weighted by Crippen LogP contribution is 2.36. The molecule has 5 heteroatoms. The van der Waals surface area contributed by atoms with E-state index in [1.807, 2.05) is 0 Å². The summed E-state index contributed by atoms with van der Waals surface area (Å²) in [5, 5.41) is 10.1. The van der Waals surface area contributed by atoms with Gasteiger partial charge in [0.2, 0.25) is 0 Å². The molecule has 0 radical (unpaired) electrons. The van der Waals surface area contributed by atoms with E-state index in [0.29, 0.717) is 5.69 Å². The Morgan fingerprint density at radius 2 is 2.54 bits per heavy atom. The van der Waals surface area contributed by atoms with Crippen molar-refractivity contribution in [3.05, 3.63) is 18.0 Å². The normalized spacial score (nSPS) is 18.2. The molecule has 0 unspecified atom stereocenters. The lowest BCUT2D eigenvalue weighted by atomic mass is 10.3. The maximum Gasteiger partial charge on any atom is 0.269 e. The molecule has 0 aromatic carbocycles. The van der Waals surface area contributed by atoms with E-state index < -0.39 is 0 Å². The van der Waals surface area contributed by atoms with Crippen LogP contribution in [0.25, 0.3) is 0 Å². The van der Waals surface area contributed by atoms with Crippen molar-refractivity contribution in [3.63, 3.8) is 0 Å². The molecule has 2 N–H and O–H groups in total. The third-order valence-corrected chi connectivity index (χ3v) is 3.31. The van der Waals surface area contributed by atoms with Gasteiger partial charge in [0.1, 0.15) is 5.69 Å². The molecule has 0 bridgehead atoms. The molecular weight excluding hydrogens is 234 g/mol. The maximum absolute atomic E-state index is 11.5. The second-order valence-electron chi connectivity index (χ2n) is 3.34. The molecular formula is C8H10BrN3O. The van der Waals surface area contributed by atoms with Gasteiger partial charge < -0.3 is 5.32 Å². The van der Waals surface area contributed by atoms with Crippen LogP contribution in [-0.2, 0) is 0 Å². The Kier molecular flexibility index (Phi) is 2.11. The molecule has 1 aliphatic rings. The summed E-state index contributed by atoms with van der Waals surface area (Å²) in [6.45, 7) is 0. The van der Waals surface area contributed by atoms with Crippen LogP contribution in [-0.4, -0.2) is 27.0 Å². The number of H-pyrrole nitrogens is 1. The number of amides is 1. The van der Waals surface area contributed by atoms with Gasteiger partial charge in [-0.05, 0) is 18.9 Å². The highest BCUT2D eigenvalue weighted by molar-refractivity contribution is 9.09. The van der Waals surface area contributed by atoms with E-state index in [1.165, 1.54) is 0 Å². The Balaban J connectivity index is 2.00. The summed E-state index contributed by atoms with van der Waals surface area (Å²) in [7, 11) is 0. The fourth-order valence-corrected chi connectivity index (χ4v) is 1.83. The largest absolute Gasteiger partial charge is 0.344 e. The molecule has 0 aliphatic heterocycles. The lowest BCUT2D eigenvalue weighted by Crippen LogP contribution is -2.38. The minimum absolute atomic E-state index is 0.00218. The van der Waals surface area contributed by atoms with Crippen LogP contribution in [0.2, 0.25) is 0 Å². The van der Waals surface area contributed by atoms with E-state index in [1.54, 1.807) is 12.3 Å². The van der Waals surface area contributed by atoms with E-state index in [9.17, 15) is 4.79 Å². The first kappa shape index (κ1) is 8.74. The van der Waals surface area contributed by atoms with Crippen LogP contribution in [0, 0.1) is 0 Å². The third-order valence-electron chi connectivity index (χ3n) is 2.23. The standard InChI is InChI=1S/C8H10BrN3O/c9-5-8(2-3-8)11-7(13)6-1-4-10-12-6/h1,4H,2-3,5H2,(H,10,12)(H,11,13). The molecule has 1 aromatic rings. The molecule has 13 heavy (non-hydrogen) atoms. The Morgan fingerprint density at radius 3 is 3.00 bits per heavy atom. The minimum atomic E-state index is -0.0746. The number of hydrogen-bond acceptors (Lipinski definition) is 2. The van der Waals surface area contributed by atoms with E-state index >= 15 is 0 Å². The summed E-state index contributed by atoms with van der Waals surface area (Å²) in [5.74, 6) is -0.0746. The summed E-state index contributed by atoms with van der Waals surface area (Å²) in [5.41, 5.74) is 0.523. The molecule has 1 saturated carbocycles. The van der Waals surface area contributed by atoms with Gasteiger partial charge in [0.15, 0.2) is 0 Å². The topological polar surface area (TPSA) is 57.8 Å². The molecule has 70 valence electrons. The van der Waals surface area contributed by atoms with Gasteiger partial charge in [-0.15, -0.1) is 0 Å². The van der Waals surface area contributed by atoms with Crippen LogP contribution in [0.4, 0.5) is 0 Å². The molecule has 2 rings (SSSR count). The number of carbonyl (C=O) groups is 1. The second kappa shape index (κ2) is 3.14. The van der Waals surface area contributed by atoms with Crippen LogP contribution in [0.15, 0.2) is 12.3 Å². The van der Waals surface area contributed by atoms with Gasteiger partial charge in [0.25, 0.3) is 5.91 Å². The zero-order valence-electron chi connectivity index (χ0n) is 7.01. The Morgan fingerprint density at radius 1 is 1.77 bits per heavy atom. The van der Waals surface area contributed by atoms with E-state index in [2.05, 4.69) is 31.4 Å². The highest BCUT2D eigenvalue weighted by atomic mass is 79.9. The van der Waals surface area contributed by atoms with Crippen molar-refractivity contribution in [2.75, 3.05) is 5.33 Å². The fraction of sp³-hybridized carbons (Fsp3) is 0.500. The van der Waals surface area contributed by atoms with Crippen molar-refractivity contribution in [1.82, 2.24) is 15.5 Å². The van der Waals surface area contributed by atoms with Gasteiger partial charge in [-0.2, -0.15) is 5.10 Å². The van der Waals surface area contributed by atoms with Gasteiger partial charge in [-0.1, -0.05) is 15.9 Å². The molecule has 0 saturated heterocycles. The number of carbonyl (C=O) groups excluding carboxylic acids is 1. The van der Waals surface area contributed by atoms with Crippen LogP contribution in [0.1, 0.15) is 23.3 Å². The number of aromatic nitrogens is 2. The van der Waals surface area contributed by atoms with Crippen molar-refractivity contribution < 1.29 is 4.79 Å². The number of rotatable bonds is 3. The van der Waals surface area contributed by atoms with Crippen LogP contribution in [0.3, 0.4) is 0 Å². The molecule has 1 aliphatic carbocycles. The molecule has 1 fully saturated rings. The number of nitrogens with zero attached hydrogens (tertiary/aromatic N) is 1. The summed E-state index contributed by atoms with van der Waals surface area (Å²) in [4.78, 5) is 11.5. The zero-order chi connectivity index (χ0) is 9.31. The van der Waals surface area contributed by atoms with Crippen LogP contribution < -0.4 is 5.32 Å². The van der Waals surface area contributed by atoms with Crippen molar-refractivity contribution in [3.8, 4) is 0 Å². The van der Waals surface area contributed by atoms with Crippen molar-refractivity contribution in [2.45, 2.75) is 18.4 Å². The summed E-state index contributed by atoms with van der Waals surface area (Å²) >= 11 is 3.38. The average Bonchev–Trinajstić information content (AvgIpc) is 2.69. The molecule has 1 aromatic heterocycles. The number of halogens is 1. The number of aromatic amines is 1. The lowest BCUT2D eigenvalue weighted by Gasteiger charge is -2.12. The van der Waals surface area contributed by atoms with Crippen LogP contribution >= 0.6 is 15.9 Å². The monoisotopic (exact) mass is 243 g/mol. The third kappa shape index (κ3) is 1.75. The molecule has 1 amide bonds.